The highest BCUT2D eigenvalue weighted by Crippen LogP contribution is 2.31. The van der Waals surface area contributed by atoms with Gasteiger partial charge in [0.2, 0.25) is 0 Å². The smallest absolute Gasteiger partial charge is 0.149 e. The highest BCUT2D eigenvalue weighted by Gasteiger charge is 2.15. The predicted octanol–water partition coefficient (Wildman–Crippen LogP) is 6.62. The van der Waals surface area contributed by atoms with E-state index in [4.69, 9.17) is 9.97 Å². The summed E-state index contributed by atoms with van der Waals surface area (Å²) < 4.78 is 3.26. The lowest BCUT2D eigenvalue weighted by molar-refractivity contribution is 1.16. The average Bonchev–Trinajstić information content (AvgIpc) is 3.13. The zero-order valence-corrected chi connectivity index (χ0v) is 16.4. The second-order valence-corrected chi connectivity index (χ2v) is 7.83. The van der Waals surface area contributed by atoms with Crippen molar-refractivity contribution in [1.82, 2.24) is 14.4 Å². The molecule has 0 aliphatic rings. The minimum Gasteiger partial charge on any atom is -0.276 e. The standard InChI is InChI=1S/C24H14BrN3/c25-18-12-11-15-13-17(10-9-16(15)14-18)23-26-20-6-2-1-5-19(20)24-27-21-7-3-4-8-22(21)28(23)24/h1-14H. The summed E-state index contributed by atoms with van der Waals surface area (Å²) >= 11 is 3.55. The molecule has 6 rings (SSSR count). The zero-order valence-electron chi connectivity index (χ0n) is 14.8. The molecular formula is C24H14BrN3. The van der Waals surface area contributed by atoms with Crippen LogP contribution in [0.2, 0.25) is 0 Å². The Morgan fingerprint density at radius 1 is 0.679 bits per heavy atom. The number of para-hydroxylation sites is 3. The van der Waals surface area contributed by atoms with Gasteiger partial charge in [-0.2, -0.15) is 0 Å². The maximum Gasteiger partial charge on any atom is 0.149 e. The fourth-order valence-corrected chi connectivity index (χ4v) is 4.27. The van der Waals surface area contributed by atoms with Crippen molar-refractivity contribution in [2.75, 3.05) is 0 Å². The monoisotopic (exact) mass is 423 g/mol. The van der Waals surface area contributed by atoms with Crippen LogP contribution >= 0.6 is 15.9 Å². The Hall–Kier alpha value is -3.24. The largest absolute Gasteiger partial charge is 0.276 e. The summed E-state index contributed by atoms with van der Waals surface area (Å²) in [6.07, 6.45) is 0. The molecule has 4 aromatic carbocycles. The van der Waals surface area contributed by atoms with Gasteiger partial charge in [-0.1, -0.05) is 58.4 Å². The first-order chi connectivity index (χ1) is 13.8. The van der Waals surface area contributed by atoms with Gasteiger partial charge in [-0.05, 0) is 53.2 Å². The minimum absolute atomic E-state index is 0.909. The summed E-state index contributed by atoms with van der Waals surface area (Å²) in [6.45, 7) is 0. The highest BCUT2D eigenvalue weighted by atomic mass is 79.9. The zero-order chi connectivity index (χ0) is 18.7. The third-order valence-corrected chi connectivity index (χ3v) is 5.70. The van der Waals surface area contributed by atoms with Gasteiger partial charge >= 0.3 is 0 Å². The number of rotatable bonds is 1. The van der Waals surface area contributed by atoms with Crippen LogP contribution in [0.25, 0.3) is 49.7 Å². The molecule has 0 atom stereocenters. The minimum atomic E-state index is 0.909. The molecule has 0 saturated carbocycles. The average molecular weight is 424 g/mol. The van der Waals surface area contributed by atoms with Crippen molar-refractivity contribution in [2.45, 2.75) is 0 Å². The lowest BCUT2D eigenvalue weighted by Crippen LogP contribution is -1.98. The second kappa shape index (κ2) is 5.88. The molecule has 0 radical (unpaired) electrons. The van der Waals surface area contributed by atoms with Crippen LogP contribution in [0.4, 0.5) is 0 Å². The molecule has 2 heterocycles. The number of aromatic nitrogens is 3. The Morgan fingerprint density at radius 3 is 2.36 bits per heavy atom. The fourth-order valence-electron chi connectivity index (χ4n) is 3.89. The van der Waals surface area contributed by atoms with Crippen molar-refractivity contribution in [2.24, 2.45) is 0 Å². The van der Waals surface area contributed by atoms with Crippen LogP contribution in [0.3, 0.4) is 0 Å². The second-order valence-electron chi connectivity index (χ2n) is 6.92. The van der Waals surface area contributed by atoms with E-state index >= 15 is 0 Å². The molecule has 0 N–H and O–H groups in total. The fraction of sp³-hybridized carbons (Fsp3) is 0. The Bertz CT molecular complexity index is 1530. The molecule has 0 unspecified atom stereocenters. The number of benzene rings is 4. The van der Waals surface area contributed by atoms with E-state index < -0.39 is 0 Å². The summed E-state index contributed by atoms with van der Waals surface area (Å²) in [5.41, 5.74) is 5.02. The van der Waals surface area contributed by atoms with Crippen LogP contribution in [0, 0.1) is 0 Å². The lowest BCUT2D eigenvalue weighted by Gasteiger charge is -2.10. The SMILES string of the molecule is Brc1ccc2cc(-c3nc4ccccc4c4nc5ccccc5n34)ccc2c1. The summed E-state index contributed by atoms with van der Waals surface area (Å²) in [4.78, 5) is 9.95. The van der Waals surface area contributed by atoms with E-state index in [-0.39, 0.29) is 0 Å². The molecule has 28 heavy (non-hydrogen) atoms. The van der Waals surface area contributed by atoms with Crippen LogP contribution in [0.15, 0.2) is 89.4 Å². The Morgan fingerprint density at radius 2 is 1.43 bits per heavy atom. The molecule has 4 heteroatoms. The summed E-state index contributed by atoms with van der Waals surface area (Å²) in [5, 5.41) is 3.45. The molecular weight excluding hydrogens is 410 g/mol. The molecule has 0 bridgehead atoms. The van der Waals surface area contributed by atoms with Crippen LogP contribution in [0.5, 0.6) is 0 Å². The summed E-state index contributed by atoms with van der Waals surface area (Å²) in [6, 6.07) is 29.3. The highest BCUT2D eigenvalue weighted by molar-refractivity contribution is 9.10. The summed E-state index contributed by atoms with van der Waals surface area (Å²) in [7, 11) is 0. The van der Waals surface area contributed by atoms with Gasteiger partial charge in [0.05, 0.1) is 16.6 Å². The van der Waals surface area contributed by atoms with Gasteiger partial charge in [-0.15, -0.1) is 0 Å². The third kappa shape index (κ3) is 2.28. The number of imidazole rings is 1. The third-order valence-electron chi connectivity index (χ3n) is 5.20. The maximum atomic E-state index is 5.03. The van der Waals surface area contributed by atoms with Crippen LogP contribution in [-0.4, -0.2) is 14.4 Å². The van der Waals surface area contributed by atoms with E-state index in [1.54, 1.807) is 0 Å². The molecule has 0 fully saturated rings. The lowest BCUT2D eigenvalue weighted by atomic mass is 10.1. The molecule has 0 aliphatic heterocycles. The molecule has 2 aromatic heterocycles. The first-order valence-electron chi connectivity index (χ1n) is 9.13. The Kier molecular flexibility index (Phi) is 3.31. The van der Waals surface area contributed by atoms with Crippen molar-refractivity contribution in [1.29, 1.82) is 0 Å². The van der Waals surface area contributed by atoms with Gasteiger partial charge in [-0.3, -0.25) is 4.40 Å². The van der Waals surface area contributed by atoms with Crippen LogP contribution in [-0.2, 0) is 0 Å². The Labute approximate surface area is 169 Å². The molecule has 132 valence electrons. The van der Waals surface area contributed by atoms with Crippen molar-refractivity contribution in [3.63, 3.8) is 0 Å². The molecule has 0 amide bonds. The van der Waals surface area contributed by atoms with E-state index in [1.165, 1.54) is 10.8 Å². The molecule has 3 nitrogen and oxygen atoms in total. The number of hydrogen-bond donors (Lipinski definition) is 0. The molecule has 0 aliphatic carbocycles. The predicted molar refractivity (Wildman–Crippen MR) is 119 cm³/mol. The van der Waals surface area contributed by atoms with E-state index in [1.807, 2.05) is 24.3 Å². The quantitative estimate of drug-likeness (QED) is 0.297. The Balaban J connectivity index is 1.77. The van der Waals surface area contributed by atoms with Gasteiger partial charge < -0.3 is 0 Å². The van der Waals surface area contributed by atoms with Gasteiger partial charge in [0.25, 0.3) is 0 Å². The van der Waals surface area contributed by atoms with Crippen LogP contribution in [0.1, 0.15) is 0 Å². The van der Waals surface area contributed by atoms with Gasteiger partial charge in [0, 0.05) is 15.4 Å². The molecule has 0 saturated heterocycles. The first-order valence-corrected chi connectivity index (χ1v) is 9.93. The van der Waals surface area contributed by atoms with Crippen molar-refractivity contribution in [3.8, 4) is 11.4 Å². The topological polar surface area (TPSA) is 30.2 Å². The number of nitrogens with zero attached hydrogens (tertiary/aromatic N) is 3. The first kappa shape index (κ1) is 15.8. The van der Waals surface area contributed by atoms with Gasteiger partial charge in [0.15, 0.2) is 0 Å². The van der Waals surface area contributed by atoms with E-state index in [9.17, 15) is 0 Å². The summed E-state index contributed by atoms with van der Waals surface area (Å²) in [5.74, 6) is 0.909. The van der Waals surface area contributed by atoms with Crippen molar-refractivity contribution in [3.05, 3.63) is 89.4 Å². The normalized spacial score (nSPS) is 11.8. The van der Waals surface area contributed by atoms with E-state index in [0.717, 1.165) is 43.4 Å². The van der Waals surface area contributed by atoms with Crippen molar-refractivity contribution >= 4 is 54.3 Å². The number of fused-ring (bicyclic) bond motifs is 6. The van der Waals surface area contributed by atoms with Gasteiger partial charge in [-0.25, -0.2) is 9.97 Å². The number of hydrogen-bond acceptors (Lipinski definition) is 2. The van der Waals surface area contributed by atoms with E-state index in [0.29, 0.717) is 0 Å². The van der Waals surface area contributed by atoms with Gasteiger partial charge in [0.1, 0.15) is 11.5 Å². The van der Waals surface area contributed by atoms with Crippen LogP contribution < -0.4 is 0 Å². The molecule has 0 spiro atoms. The number of halogens is 1. The van der Waals surface area contributed by atoms with E-state index in [2.05, 4.69) is 81.0 Å². The molecule has 6 aromatic rings. The maximum absolute atomic E-state index is 5.03. The van der Waals surface area contributed by atoms with Crippen molar-refractivity contribution < 1.29 is 0 Å².